The van der Waals surface area contributed by atoms with Crippen LogP contribution in [-0.4, -0.2) is 61.3 Å². The maximum atomic E-state index is 12.5. The number of carboxylic acids is 1. The quantitative estimate of drug-likeness (QED) is 0.760. The lowest BCUT2D eigenvalue weighted by Crippen LogP contribution is -2.47. The average Bonchev–Trinajstić information content (AvgIpc) is 2.93. The molecule has 2 saturated heterocycles. The van der Waals surface area contributed by atoms with Crippen LogP contribution in [0.15, 0.2) is 0 Å². The summed E-state index contributed by atoms with van der Waals surface area (Å²) in [5.41, 5.74) is 0. The molecule has 2 N–H and O–H groups in total. The van der Waals surface area contributed by atoms with E-state index >= 15 is 0 Å². The first-order chi connectivity index (χ1) is 9.61. The number of amides is 1. The number of rotatable bonds is 5. The Morgan fingerprint density at radius 1 is 1.30 bits per heavy atom. The second kappa shape index (κ2) is 7.04. The number of ether oxygens (including phenoxy) is 1. The van der Waals surface area contributed by atoms with Crippen LogP contribution in [0.25, 0.3) is 0 Å². The maximum absolute atomic E-state index is 12.5. The predicted octanol–water partition coefficient (Wildman–Crippen LogP) is 0.324. The Morgan fingerprint density at radius 3 is 2.60 bits per heavy atom. The lowest BCUT2D eigenvalue weighted by atomic mass is 9.91. The number of carboxylic acid groups (broad SMARTS) is 1. The molecule has 0 radical (unpaired) electrons. The third-order valence-corrected chi connectivity index (χ3v) is 4.46. The molecule has 0 aromatic rings. The minimum absolute atomic E-state index is 0.0735. The van der Waals surface area contributed by atoms with E-state index in [4.69, 9.17) is 9.84 Å². The number of nitrogens with zero attached hydrogens (tertiary/aromatic N) is 1. The lowest BCUT2D eigenvalue weighted by Gasteiger charge is -2.34. The monoisotopic (exact) mass is 284 g/mol. The molecule has 2 rings (SSSR count). The summed E-state index contributed by atoms with van der Waals surface area (Å²) < 4.78 is 5.38. The molecule has 6 heteroatoms. The fourth-order valence-corrected chi connectivity index (χ4v) is 3.09. The van der Waals surface area contributed by atoms with Crippen LogP contribution >= 0.6 is 0 Å². The Hall–Kier alpha value is -1.14. The molecule has 0 aromatic heterocycles. The van der Waals surface area contributed by atoms with Gasteiger partial charge in [0.25, 0.3) is 0 Å². The van der Waals surface area contributed by atoms with Gasteiger partial charge >= 0.3 is 5.97 Å². The van der Waals surface area contributed by atoms with Crippen molar-refractivity contribution in [2.45, 2.75) is 31.7 Å². The average molecular weight is 284 g/mol. The first kappa shape index (κ1) is 15.3. The molecule has 0 spiro atoms. The van der Waals surface area contributed by atoms with Crippen molar-refractivity contribution in [3.63, 3.8) is 0 Å². The Kier molecular flexibility index (Phi) is 5.37. The number of piperidine rings is 1. The second-order valence-corrected chi connectivity index (χ2v) is 5.74. The van der Waals surface area contributed by atoms with Gasteiger partial charge in [-0.05, 0) is 32.2 Å². The minimum Gasteiger partial charge on any atom is -0.481 e. The summed E-state index contributed by atoms with van der Waals surface area (Å²) >= 11 is 0. The number of likely N-dealkylation sites (N-methyl/N-ethyl adjacent to an activating group) is 1. The lowest BCUT2D eigenvalue weighted by molar-refractivity contribution is -0.139. The molecule has 0 saturated carbocycles. The second-order valence-electron chi connectivity index (χ2n) is 5.74. The van der Waals surface area contributed by atoms with Gasteiger partial charge in [0.1, 0.15) is 0 Å². The van der Waals surface area contributed by atoms with Crippen LogP contribution in [0.1, 0.15) is 25.7 Å². The van der Waals surface area contributed by atoms with Crippen molar-refractivity contribution in [2.24, 2.45) is 11.8 Å². The highest BCUT2D eigenvalue weighted by Gasteiger charge is 2.36. The normalized spacial score (nSPS) is 27.8. The molecule has 6 nitrogen and oxygen atoms in total. The van der Waals surface area contributed by atoms with Gasteiger partial charge < -0.3 is 20.1 Å². The molecule has 20 heavy (non-hydrogen) atoms. The standard InChI is InChI=1S/C14H24N2O4/c1-15-12-9-20-8-11(12)14(19)16-6-4-10(5-7-16)2-3-13(17)18/h10-12,15H,2-9H2,1H3,(H,17,18). The number of carbonyl (C=O) groups excluding carboxylic acids is 1. The Bertz CT molecular complexity index is 353. The van der Waals surface area contributed by atoms with Gasteiger partial charge in [-0.25, -0.2) is 0 Å². The fraction of sp³-hybridized carbons (Fsp3) is 0.857. The summed E-state index contributed by atoms with van der Waals surface area (Å²) in [7, 11) is 1.86. The molecular formula is C14H24N2O4. The van der Waals surface area contributed by atoms with Crippen LogP contribution in [0.4, 0.5) is 0 Å². The van der Waals surface area contributed by atoms with Crippen molar-refractivity contribution in [1.82, 2.24) is 10.2 Å². The summed E-state index contributed by atoms with van der Waals surface area (Å²) in [5, 5.41) is 11.8. The van der Waals surface area contributed by atoms with Crippen molar-refractivity contribution in [3.8, 4) is 0 Å². The number of nitrogens with one attached hydrogen (secondary N) is 1. The Morgan fingerprint density at radius 2 is 2.00 bits per heavy atom. The van der Waals surface area contributed by atoms with Crippen molar-refractivity contribution in [2.75, 3.05) is 33.4 Å². The molecule has 1 amide bonds. The number of hydrogen-bond acceptors (Lipinski definition) is 4. The van der Waals surface area contributed by atoms with E-state index in [9.17, 15) is 9.59 Å². The van der Waals surface area contributed by atoms with E-state index in [0.29, 0.717) is 19.1 Å². The molecule has 2 fully saturated rings. The highest BCUT2D eigenvalue weighted by atomic mass is 16.5. The van der Waals surface area contributed by atoms with Gasteiger partial charge in [0, 0.05) is 25.6 Å². The molecule has 2 heterocycles. The van der Waals surface area contributed by atoms with E-state index < -0.39 is 5.97 Å². The van der Waals surface area contributed by atoms with E-state index in [1.807, 2.05) is 11.9 Å². The van der Waals surface area contributed by atoms with Crippen LogP contribution < -0.4 is 5.32 Å². The molecule has 2 unspecified atom stereocenters. The van der Waals surface area contributed by atoms with Crippen molar-refractivity contribution >= 4 is 11.9 Å². The van der Waals surface area contributed by atoms with Crippen molar-refractivity contribution < 1.29 is 19.4 Å². The van der Waals surface area contributed by atoms with Crippen LogP contribution in [0.5, 0.6) is 0 Å². The van der Waals surface area contributed by atoms with Gasteiger partial charge in [-0.3, -0.25) is 9.59 Å². The van der Waals surface area contributed by atoms with Gasteiger partial charge in [0.15, 0.2) is 0 Å². The van der Waals surface area contributed by atoms with Gasteiger partial charge in [-0.15, -0.1) is 0 Å². The van der Waals surface area contributed by atoms with E-state index in [1.54, 1.807) is 0 Å². The summed E-state index contributed by atoms with van der Waals surface area (Å²) in [6.07, 6.45) is 2.79. The predicted molar refractivity (Wildman–Crippen MR) is 73.3 cm³/mol. The van der Waals surface area contributed by atoms with E-state index in [2.05, 4.69) is 5.32 Å². The van der Waals surface area contributed by atoms with Crippen LogP contribution in [0, 0.1) is 11.8 Å². The molecule has 2 atom stereocenters. The van der Waals surface area contributed by atoms with Crippen LogP contribution in [0.2, 0.25) is 0 Å². The van der Waals surface area contributed by atoms with Gasteiger partial charge in [0.2, 0.25) is 5.91 Å². The molecular weight excluding hydrogens is 260 g/mol. The molecule has 114 valence electrons. The Labute approximate surface area is 119 Å². The molecule has 2 aliphatic heterocycles. The summed E-state index contributed by atoms with van der Waals surface area (Å²) in [6, 6.07) is 0.118. The van der Waals surface area contributed by atoms with Crippen molar-refractivity contribution in [3.05, 3.63) is 0 Å². The van der Waals surface area contributed by atoms with E-state index in [1.165, 1.54) is 0 Å². The summed E-state index contributed by atoms with van der Waals surface area (Å²) in [4.78, 5) is 24.9. The van der Waals surface area contributed by atoms with E-state index in [-0.39, 0.29) is 24.3 Å². The smallest absolute Gasteiger partial charge is 0.303 e. The molecule has 0 bridgehead atoms. The van der Waals surface area contributed by atoms with Gasteiger partial charge in [0.05, 0.1) is 19.1 Å². The number of aliphatic carboxylic acids is 1. The van der Waals surface area contributed by atoms with Gasteiger partial charge in [-0.2, -0.15) is 0 Å². The summed E-state index contributed by atoms with van der Waals surface area (Å²) in [6.45, 7) is 2.59. The number of carbonyl (C=O) groups is 2. The minimum atomic E-state index is -0.733. The topological polar surface area (TPSA) is 78.9 Å². The summed E-state index contributed by atoms with van der Waals surface area (Å²) in [5.74, 6) is -0.187. The van der Waals surface area contributed by atoms with Crippen molar-refractivity contribution in [1.29, 1.82) is 0 Å². The zero-order valence-corrected chi connectivity index (χ0v) is 12.0. The first-order valence-electron chi connectivity index (χ1n) is 7.37. The number of likely N-dealkylation sites (tertiary alicyclic amines) is 1. The zero-order valence-electron chi connectivity index (χ0n) is 12.0. The third-order valence-electron chi connectivity index (χ3n) is 4.46. The molecule has 0 aliphatic carbocycles. The first-order valence-corrected chi connectivity index (χ1v) is 7.37. The maximum Gasteiger partial charge on any atom is 0.303 e. The Balaban J connectivity index is 1.78. The molecule has 0 aromatic carbocycles. The number of hydrogen-bond donors (Lipinski definition) is 2. The third kappa shape index (κ3) is 3.70. The van der Waals surface area contributed by atoms with Crippen LogP contribution in [0.3, 0.4) is 0 Å². The largest absolute Gasteiger partial charge is 0.481 e. The fourth-order valence-electron chi connectivity index (χ4n) is 3.09. The van der Waals surface area contributed by atoms with Crippen LogP contribution in [-0.2, 0) is 14.3 Å². The highest BCUT2D eigenvalue weighted by molar-refractivity contribution is 5.80. The van der Waals surface area contributed by atoms with E-state index in [0.717, 1.165) is 32.4 Å². The van der Waals surface area contributed by atoms with Gasteiger partial charge in [-0.1, -0.05) is 0 Å². The molecule has 2 aliphatic rings. The zero-order chi connectivity index (χ0) is 14.5. The SMILES string of the molecule is CNC1COCC1C(=O)N1CCC(CCC(=O)O)CC1. The highest BCUT2D eigenvalue weighted by Crippen LogP contribution is 2.24.